The second-order valence-corrected chi connectivity index (χ2v) is 13.5. The molecule has 6 aromatic carbocycles. The molecule has 1 aliphatic heterocycles. The quantitative estimate of drug-likeness (QED) is 0.178. The molecule has 2 aromatic heterocycles. The lowest BCUT2D eigenvalue weighted by Gasteiger charge is -2.42. The SMILES string of the molecule is [C-]#[N+]c1ccc(-c2ccccc2-c2cc(N3c4ccccc4C(C)(C)c4ccccc43)cc(-n3c4ccccc4c4cnccc43)c2)c(C#N)c1. The molecule has 51 heavy (non-hydrogen) atoms. The Labute approximate surface area is 296 Å². The fraction of sp³-hybridized carbons (Fsp3) is 0.0652. The Morgan fingerprint density at radius 1 is 0.647 bits per heavy atom. The third-order valence-electron chi connectivity index (χ3n) is 10.3. The van der Waals surface area contributed by atoms with Crippen LogP contribution < -0.4 is 4.90 Å². The molecular weight excluding hydrogens is 623 g/mol. The first-order valence-electron chi connectivity index (χ1n) is 17.0. The molecule has 1 aliphatic rings. The smallest absolute Gasteiger partial charge is 0.188 e. The van der Waals surface area contributed by atoms with Crippen molar-refractivity contribution >= 4 is 44.6 Å². The van der Waals surface area contributed by atoms with Gasteiger partial charge < -0.3 is 9.47 Å². The van der Waals surface area contributed by atoms with E-state index in [1.54, 1.807) is 12.1 Å². The van der Waals surface area contributed by atoms with Crippen LogP contribution in [0.3, 0.4) is 0 Å². The summed E-state index contributed by atoms with van der Waals surface area (Å²) in [5, 5.41) is 12.4. The lowest BCUT2D eigenvalue weighted by atomic mass is 9.73. The molecular formula is C46H31N5. The van der Waals surface area contributed by atoms with E-state index in [4.69, 9.17) is 6.57 Å². The van der Waals surface area contributed by atoms with Gasteiger partial charge >= 0.3 is 0 Å². The first kappa shape index (κ1) is 30.1. The molecule has 0 bridgehead atoms. The molecule has 0 spiro atoms. The van der Waals surface area contributed by atoms with Gasteiger partial charge in [-0.15, -0.1) is 0 Å². The first-order valence-corrected chi connectivity index (χ1v) is 17.0. The van der Waals surface area contributed by atoms with Crippen molar-refractivity contribution in [3.8, 4) is 34.0 Å². The predicted molar refractivity (Wildman–Crippen MR) is 207 cm³/mol. The summed E-state index contributed by atoms with van der Waals surface area (Å²) in [6, 6.07) is 50.8. The number of nitrogens with zero attached hydrogens (tertiary/aromatic N) is 5. The van der Waals surface area contributed by atoms with E-state index in [0.29, 0.717) is 11.3 Å². The largest absolute Gasteiger partial charge is 0.310 e. The number of aromatic nitrogens is 2. The second-order valence-electron chi connectivity index (χ2n) is 13.5. The molecule has 0 unspecified atom stereocenters. The van der Waals surface area contributed by atoms with Crippen LogP contribution >= 0.6 is 0 Å². The van der Waals surface area contributed by atoms with Crippen molar-refractivity contribution in [3.63, 3.8) is 0 Å². The van der Waals surface area contributed by atoms with Gasteiger partial charge in [0.2, 0.25) is 0 Å². The van der Waals surface area contributed by atoms with Crippen LogP contribution in [0.25, 0.3) is 54.6 Å². The minimum atomic E-state index is -0.193. The highest BCUT2D eigenvalue weighted by molar-refractivity contribution is 6.09. The number of hydrogen-bond acceptors (Lipinski definition) is 3. The van der Waals surface area contributed by atoms with E-state index < -0.39 is 0 Å². The molecule has 9 rings (SSSR count). The van der Waals surface area contributed by atoms with Crippen LogP contribution in [0.1, 0.15) is 30.5 Å². The van der Waals surface area contributed by atoms with Gasteiger partial charge in [-0.05, 0) is 81.9 Å². The molecule has 0 atom stereocenters. The molecule has 0 saturated carbocycles. The molecule has 5 nitrogen and oxygen atoms in total. The molecule has 3 heterocycles. The number of hydrogen-bond donors (Lipinski definition) is 0. The van der Waals surface area contributed by atoms with Gasteiger partial charge in [0.05, 0.1) is 35.0 Å². The number of rotatable bonds is 4. The zero-order chi connectivity index (χ0) is 34.7. The minimum absolute atomic E-state index is 0.193. The lowest BCUT2D eigenvalue weighted by Crippen LogP contribution is -2.30. The van der Waals surface area contributed by atoms with Gasteiger partial charge in [0, 0.05) is 45.5 Å². The Hall–Kier alpha value is -6.95. The number of pyridine rings is 1. The maximum Gasteiger partial charge on any atom is 0.188 e. The normalized spacial score (nSPS) is 13.0. The van der Waals surface area contributed by atoms with Gasteiger partial charge in [0.25, 0.3) is 0 Å². The van der Waals surface area contributed by atoms with Crippen molar-refractivity contribution in [1.29, 1.82) is 5.26 Å². The molecule has 0 radical (unpaired) electrons. The standard InChI is InChI=1S/C46H31N5/c1-46(2)40-15-7-10-18-44(40)51(45-19-11-8-16-41(45)46)34-26-30(35-12-4-5-13-37(35)36-21-20-32(48-3)24-31(36)28-47)25-33(27-34)50-42-17-9-6-14-38(42)39-29-49-23-22-43(39)50/h4-27,29H,1-2H3. The maximum absolute atomic E-state index is 10.2. The van der Waals surface area contributed by atoms with Crippen molar-refractivity contribution in [2.24, 2.45) is 0 Å². The molecule has 0 saturated heterocycles. The van der Waals surface area contributed by atoms with Crippen LogP contribution in [0.5, 0.6) is 0 Å². The predicted octanol–water partition coefficient (Wildman–Crippen LogP) is 12.0. The van der Waals surface area contributed by atoms with Gasteiger partial charge in [-0.25, -0.2) is 4.85 Å². The maximum atomic E-state index is 10.2. The second kappa shape index (κ2) is 11.6. The third kappa shape index (κ3) is 4.64. The van der Waals surface area contributed by atoms with E-state index in [0.717, 1.165) is 66.8 Å². The Morgan fingerprint density at radius 2 is 1.29 bits per heavy atom. The Kier molecular flexibility index (Phi) is 6.85. The molecule has 0 amide bonds. The summed E-state index contributed by atoms with van der Waals surface area (Å²) in [5.74, 6) is 0. The van der Waals surface area contributed by atoms with Crippen LogP contribution in [0, 0.1) is 17.9 Å². The third-order valence-corrected chi connectivity index (χ3v) is 10.3. The summed E-state index contributed by atoms with van der Waals surface area (Å²) < 4.78 is 2.33. The Bertz CT molecular complexity index is 2670. The highest BCUT2D eigenvalue weighted by Gasteiger charge is 2.36. The summed E-state index contributed by atoms with van der Waals surface area (Å²) in [6.07, 6.45) is 3.80. The van der Waals surface area contributed by atoms with Crippen molar-refractivity contribution in [2.75, 3.05) is 4.90 Å². The summed E-state index contributed by atoms with van der Waals surface area (Å²) in [7, 11) is 0. The number of nitriles is 1. The van der Waals surface area contributed by atoms with E-state index in [2.05, 4.69) is 148 Å². The van der Waals surface area contributed by atoms with E-state index in [1.807, 2.05) is 30.6 Å². The van der Waals surface area contributed by atoms with Gasteiger partial charge in [0.1, 0.15) is 0 Å². The topological polar surface area (TPSA) is 49.2 Å². The van der Waals surface area contributed by atoms with Crippen LogP contribution in [-0.2, 0) is 5.41 Å². The highest BCUT2D eigenvalue weighted by Crippen LogP contribution is 2.52. The molecule has 0 aliphatic carbocycles. The molecule has 0 N–H and O–H groups in total. The zero-order valence-electron chi connectivity index (χ0n) is 28.2. The van der Waals surface area contributed by atoms with Crippen LogP contribution in [-0.4, -0.2) is 9.55 Å². The van der Waals surface area contributed by atoms with Gasteiger partial charge in [-0.3, -0.25) is 4.98 Å². The van der Waals surface area contributed by atoms with Gasteiger partial charge in [-0.2, -0.15) is 5.26 Å². The van der Waals surface area contributed by atoms with Crippen molar-refractivity contribution < 1.29 is 0 Å². The van der Waals surface area contributed by atoms with Crippen molar-refractivity contribution in [1.82, 2.24) is 9.55 Å². The van der Waals surface area contributed by atoms with Crippen LogP contribution in [0.2, 0.25) is 0 Å². The highest BCUT2D eigenvalue weighted by atomic mass is 15.2. The van der Waals surface area contributed by atoms with E-state index >= 15 is 0 Å². The monoisotopic (exact) mass is 653 g/mol. The van der Waals surface area contributed by atoms with E-state index in [1.165, 1.54) is 11.1 Å². The summed E-state index contributed by atoms with van der Waals surface area (Å²) in [6.45, 7) is 12.1. The Morgan fingerprint density at radius 3 is 2.04 bits per heavy atom. The molecule has 240 valence electrons. The van der Waals surface area contributed by atoms with Crippen molar-refractivity contribution in [3.05, 3.63) is 180 Å². The zero-order valence-corrected chi connectivity index (χ0v) is 28.2. The molecule has 8 aromatic rings. The average molecular weight is 654 g/mol. The minimum Gasteiger partial charge on any atom is -0.310 e. The number of benzene rings is 6. The first-order chi connectivity index (χ1) is 25.0. The number of fused-ring (bicyclic) bond motifs is 5. The number of para-hydroxylation sites is 3. The summed E-state index contributed by atoms with van der Waals surface area (Å²) in [4.78, 5) is 10.5. The van der Waals surface area contributed by atoms with E-state index in [9.17, 15) is 5.26 Å². The van der Waals surface area contributed by atoms with Gasteiger partial charge in [0.15, 0.2) is 5.69 Å². The fourth-order valence-electron chi connectivity index (χ4n) is 7.95. The number of anilines is 3. The average Bonchev–Trinajstić information content (AvgIpc) is 3.52. The molecule has 5 heteroatoms. The lowest BCUT2D eigenvalue weighted by molar-refractivity contribution is 0.632. The van der Waals surface area contributed by atoms with Gasteiger partial charge in [-0.1, -0.05) is 105 Å². The van der Waals surface area contributed by atoms with E-state index in [-0.39, 0.29) is 5.41 Å². The summed E-state index contributed by atoms with van der Waals surface area (Å²) >= 11 is 0. The Balaban J connectivity index is 1.37. The molecule has 0 fully saturated rings. The van der Waals surface area contributed by atoms with Crippen LogP contribution in [0.15, 0.2) is 152 Å². The summed E-state index contributed by atoms with van der Waals surface area (Å²) in [5.41, 5.74) is 13.5. The van der Waals surface area contributed by atoms with Crippen LogP contribution in [0.4, 0.5) is 22.7 Å². The fourth-order valence-corrected chi connectivity index (χ4v) is 7.95. The van der Waals surface area contributed by atoms with Crippen molar-refractivity contribution in [2.45, 2.75) is 19.3 Å².